The Morgan fingerprint density at radius 2 is 2.00 bits per heavy atom. The summed E-state index contributed by atoms with van der Waals surface area (Å²) in [6.07, 6.45) is 0. The van der Waals surface area contributed by atoms with Gasteiger partial charge in [-0.25, -0.2) is 9.78 Å². The van der Waals surface area contributed by atoms with E-state index in [1.165, 1.54) is 22.7 Å². The van der Waals surface area contributed by atoms with Crippen LogP contribution in [0.1, 0.15) is 26.2 Å². The van der Waals surface area contributed by atoms with Crippen molar-refractivity contribution in [2.45, 2.75) is 20.1 Å². The minimum atomic E-state index is -0.486. The van der Waals surface area contributed by atoms with E-state index in [-0.39, 0.29) is 13.2 Å². The van der Waals surface area contributed by atoms with Crippen LogP contribution in [0, 0.1) is 6.92 Å². The Bertz CT molecular complexity index is 1110. The largest absolute Gasteiger partial charge is 0.486 e. The molecule has 0 saturated carbocycles. The summed E-state index contributed by atoms with van der Waals surface area (Å²) >= 11 is 8.62. The van der Waals surface area contributed by atoms with Crippen molar-refractivity contribution >= 4 is 40.2 Å². The quantitative estimate of drug-likeness (QED) is 0.362. The number of thiazole rings is 1. The first-order chi connectivity index (χ1) is 14.1. The van der Waals surface area contributed by atoms with E-state index < -0.39 is 5.97 Å². The van der Waals surface area contributed by atoms with Gasteiger partial charge in [0.25, 0.3) is 5.89 Å². The van der Waals surface area contributed by atoms with Crippen molar-refractivity contribution in [3.8, 4) is 17.2 Å². The molecule has 3 heterocycles. The van der Waals surface area contributed by atoms with Crippen molar-refractivity contribution in [1.82, 2.24) is 15.1 Å². The van der Waals surface area contributed by atoms with Gasteiger partial charge in [0, 0.05) is 10.4 Å². The average molecular weight is 448 g/mol. The number of nitrogens with zero attached hydrogens (tertiary/aromatic N) is 3. The first-order valence-corrected chi connectivity index (χ1v) is 10.6. The van der Waals surface area contributed by atoms with Gasteiger partial charge in [-0.2, -0.15) is 16.3 Å². The fraction of sp³-hybridized carbons (Fsp3) is 0.158. The lowest BCUT2D eigenvalue weighted by atomic mass is 10.3. The van der Waals surface area contributed by atoms with E-state index in [1.807, 2.05) is 16.8 Å². The summed E-state index contributed by atoms with van der Waals surface area (Å²) in [4.78, 5) is 21.4. The summed E-state index contributed by atoms with van der Waals surface area (Å²) in [6, 6.07) is 8.91. The van der Waals surface area contributed by atoms with Gasteiger partial charge in [-0.15, -0.1) is 11.3 Å². The molecule has 0 unspecified atom stereocenters. The van der Waals surface area contributed by atoms with Gasteiger partial charge >= 0.3 is 5.97 Å². The van der Waals surface area contributed by atoms with E-state index in [0.717, 1.165) is 5.56 Å². The molecule has 0 saturated heterocycles. The van der Waals surface area contributed by atoms with Crippen LogP contribution in [0.4, 0.5) is 0 Å². The molecule has 3 aromatic heterocycles. The second kappa shape index (κ2) is 8.73. The van der Waals surface area contributed by atoms with Crippen LogP contribution in [0.25, 0.3) is 11.5 Å². The number of carbonyl (C=O) groups excluding carboxylic acids is 1. The Labute approximate surface area is 178 Å². The van der Waals surface area contributed by atoms with Crippen LogP contribution < -0.4 is 4.74 Å². The van der Waals surface area contributed by atoms with Crippen LogP contribution in [0.2, 0.25) is 5.02 Å². The first-order valence-electron chi connectivity index (χ1n) is 8.45. The molecule has 0 aliphatic heterocycles. The number of rotatable bonds is 7. The number of thiophene rings is 1. The number of esters is 1. The van der Waals surface area contributed by atoms with Crippen molar-refractivity contribution in [1.29, 1.82) is 0 Å². The zero-order valence-electron chi connectivity index (χ0n) is 15.1. The van der Waals surface area contributed by atoms with Crippen LogP contribution >= 0.6 is 34.3 Å². The molecule has 0 aliphatic rings. The van der Waals surface area contributed by atoms with Crippen LogP contribution in [0.15, 0.2) is 45.6 Å². The molecule has 4 rings (SSSR count). The average Bonchev–Trinajstić information content (AvgIpc) is 3.46. The van der Waals surface area contributed by atoms with Crippen molar-refractivity contribution in [3.05, 3.63) is 67.5 Å². The van der Waals surface area contributed by atoms with Gasteiger partial charge in [-0.05, 0) is 42.6 Å². The van der Waals surface area contributed by atoms with Gasteiger partial charge in [-0.1, -0.05) is 16.8 Å². The third kappa shape index (κ3) is 4.81. The van der Waals surface area contributed by atoms with Crippen LogP contribution in [-0.2, 0) is 18.0 Å². The van der Waals surface area contributed by atoms with Gasteiger partial charge in [0.2, 0.25) is 5.82 Å². The molecule has 0 radical (unpaired) electrons. The molecule has 0 atom stereocenters. The molecule has 29 heavy (non-hydrogen) atoms. The molecule has 0 N–H and O–H groups in total. The summed E-state index contributed by atoms with van der Waals surface area (Å²) < 4.78 is 16.2. The van der Waals surface area contributed by atoms with E-state index >= 15 is 0 Å². The SMILES string of the molecule is Cc1nc(COc2ccc(Cl)cc2)sc1C(=O)OCc1noc(-c2ccsc2)n1. The second-order valence-corrected chi connectivity index (χ2v) is 8.17. The lowest BCUT2D eigenvalue weighted by molar-refractivity contribution is 0.0464. The van der Waals surface area contributed by atoms with E-state index in [4.69, 9.17) is 25.6 Å². The maximum atomic E-state index is 12.4. The van der Waals surface area contributed by atoms with E-state index in [9.17, 15) is 4.79 Å². The third-order valence-corrected chi connectivity index (χ3v) is 5.82. The Balaban J connectivity index is 1.34. The molecule has 0 amide bonds. The summed E-state index contributed by atoms with van der Waals surface area (Å²) in [7, 11) is 0. The number of benzene rings is 1. The number of hydrogen-bond donors (Lipinski definition) is 0. The fourth-order valence-electron chi connectivity index (χ4n) is 2.39. The predicted molar refractivity (Wildman–Crippen MR) is 109 cm³/mol. The zero-order chi connectivity index (χ0) is 20.2. The topological polar surface area (TPSA) is 87.3 Å². The summed E-state index contributed by atoms with van der Waals surface area (Å²) in [5, 5.41) is 8.96. The fourth-order valence-corrected chi connectivity index (χ4v) is 4.02. The van der Waals surface area contributed by atoms with Crippen molar-refractivity contribution < 1.29 is 18.8 Å². The highest BCUT2D eigenvalue weighted by Gasteiger charge is 2.18. The highest BCUT2D eigenvalue weighted by atomic mass is 35.5. The number of ether oxygens (including phenoxy) is 2. The minimum Gasteiger partial charge on any atom is -0.486 e. The van der Waals surface area contributed by atoms with Gasteiger partial charge in [0.15, 0.2) is 6.61 Å². The summed E-state index contributed by atoms with van der Waals surface area (Å²) in [5.74, 6) is 0.880. The number of hydrogen-bond acceptors (Lipinski definition) is 9. The minimum absolute atomic E-state index is 0.0829. The Morgan fingerprint density at radius 3 is 2.76 bits per heavy atom. The molecule has 7 nitrogen and oxygen atoms in total. The molecule has 1 aromatic carbocycles. The van der Waals surface area contributed by atoms with E-state index in [0.29, 0.717) is 38.1 Å². The molecular formula is C19H14ClN3O4S2. The molecular weight excluding hydrogens is 434 g/mol. The molecule has 4 aromatic rings. The van der Waals surface area contributed by atoms with Gasteiger partial charge < -0.3 is 14.0 Å². The normalized spacial score (nSPS) is 10.8. The van der Waals surface area contributed by atoms with Crippen molar-refractivity contribution in [2.24, 2.45) is 0 Å². The molecule has 0 fully saturated rings. The van der Waals surface area contributed by atoms with E-state index in [1.54, 1.807) is 31.2 Å². The van der Waals surface area contributed by atoms with Gasteiger partial charge in [0.1, 0.15) is 22.2 Å². The smallest absolute Gasteiger partial charge is 0.350 e. The zero-order valence-corrected chi connectivity index (χ0v) is 17.5. The Morgan fingerprint density at radius 1 is 1.17 bits per heavy atom. The Hall–Kier alpha value is -2.75. The lowest BCUT2D eigenvalue weighted by Crippen LogP contribution is -2.05. The first kappa shape index (κ1) is 19.6. The summed E-state index contributed by atoms with van der Waals surface area (Å²) in [5.41, 5.74) is 1.42. The second-order valence-electron chi connectivity index (χ2n) is 5.87. The summed E-state index contributed by atoms with van der Waals surface area (Å²) in [6.45, 7) is 1.91. The van der Waals surface area contributed by atoms with E-state index in [2.05, 4.69) is 15.1 Å². The van der Waals surface area contributed by atoms with Crippen molar-refractivity contribution in [2.75, 3.05) is 0 Å². The van der Waals surface area contributed by atoms with Crippen molar-refractivity contribution in [3.63, 3.8) is 0 Å². The standard InChI is InChI=1S/C19H14ClN3O4S2/c1-11-17(29-16(21-11)9-25-14-4-2-13(20)3-5-14)19(24)26-8-15-22-18(27-23-15)12-6-7-28-10-12/h2-7,10H,8-9H2,1H3. The molecule has 0 aliphatic carbocycles. The van der Waals surface area contributed by atoms with Gasteiger partial charge in [0.05, 0.1) is 11.3 Å². The van der Waals surface area contributed by atoms with Gasteiger partial charge in [-0.3, -0.25) is 0 Å². The number of carbonyl (C=O) groups is 1. The lowest BCUT2D eigenvalue weighted by Gasteiger charge is -2.03. The number of halogens is 1. The maximum absolute atomic E-state index is 12.4. The molecule has 10 heteroatoms. The number of aryl methyl sites for hydroxylation is 1. The molecule has 0 bridgehead atoms. The highest BCUT2D eigenvalue weighted by molar-refractivity contribution is 7.13. The number of aromatic nitrogens is 3. The molecule has 148 valence electrons. The predicted octanol–water partition coefficient (Wildman–Crippen LogP) is 5.15. The monoisotopic (exact) mass is 447 g/mol. The molecule has 0 spiro atoms. The highest BCUT2D eigenvalue weighted by Crippen LogP contribution is 2.23. The maximum Gasteiger partial charge on any atom is 0.350 e. The van der Waals surface area contributed by atoms with Crippen LogP contribution in [0.5, 0.6) is 5.75 Å². The van der Waals surface area contributed by atoms with Crippen LogP contribution in [-0.4, -0.2) is 21.1 Å². The Kier molecular flexibility index (Phi) is 5.89. The van der Waals surface area contributed by atoms with Crippen LogP contribution in [0.3, 0.4) is 0 Å². The third-order valence-electron chi connectivity index (χ3n) is 3.77.